The Morgan fingerprint density at radius 2 is 1.37 bits per heavy atom. The molecule has 0 saturated carbocycles. The summed E-state index contributed by atoms with van der Waals surface area (Å²) in [5, 5.41) is 0. The van der Waals surface area contributed by atoms with Crippen molar-refractivity contribution in [1.29, 1.82) is 0 Å². The lowest BCUT2D eigenvalue weighted by Crippen LogP contribution is -2.64. The van der Waals surface area contributed by atoms with E-state index >= 15 is 0 Å². The van der Waals surface area contributed by atoms with E-state index in [9.17, 15) is 9.59 Å². The van der Waals surface area contributed by atoms with Crippen LogP contribution in [0.4, 0.5) is 0 Å². The van der Waals surface area contributed by atoms with Crippen molar-refractivity contribution < 1.29 is 14.3 Å². The summed E-state index contributed by atoms with van der Waals surface area (Å²) >= 11 is 0. The Morgan fingerprint density at radius 1 is 0.800 bits per heavy atom. The molecule has 2 aliphatic rings. The minimum atomic E-state index is 0.0697. The average molecular weight is 408 g/mol. The van der Waals surface area contributed by atoms with Crippen LogP contribution < -0.4 is 4.74 Å². The quantitative estimate of drug-likeness (QED) is 0.765. The summed E-state index contributed by atoms with van der Waals surface area (Å²) in [5.74, 6) is 0.955. The number of hydrogen-bond donors (Lipinski definition) is 0. The molecule has 4 rings (SSSR count). The highest BCUT2D eigenvalue weighted by Crippen LogP contribution is 2.22. The molecule has 2 aromatic carbocycles. The lowest BCUT2D eigenvalue weighted by atomic mass is 10.0. The number of ether oxygens (including phenoxy) is 1. The van der Waals surface area contributed by atoms with E-state index in [1.54, 1.807) is 0 Å². The largest absolute Gasteiger partial charge is 0.491 e. The maximum atomic E-state index is 12.7. The molecule has 0 N–H and O–H groups in total. The molecule has 6 nitrogen and oxygen atoms in total. The second-order valence-electron chi connectivity index (χ2n) is 8.25. The van der Waals surface area contributed by atoms with Crippen LogP contribution >= 0.6 is 0 Å². The summed E-state index contributed by atoms with van der Waals surface area (Å²) in [7, 11) is 0. The van der Waals surface area contributed by atoms with E-state index in [1.807, 2.05) is 78.2 Å². The smallest absolute Gasteiger partial charge is 0.253 e. The van der Waals surface area contributed by atoms with Crippen LogP contribution in [0.5, 0.6) is 5.75 Å². The molecule has 2 heterocycles. The molecule has 0 radical (unpaired) electrons. The first-order valence-electron chi connectivity index (χ1n) is 10.7. The molecule has 0 bridgehead atoms. The van der Waals surface area contributed by atoms with Crippen molar-refractivity contribution in [2.45, 2.75) is 26.0 Å². The Balaban J connectivity index is 1.24. The molecular formula is C24H29N3O3. The van der Waals surface area contributed by atoms with E-state index in [2.05, 4.69) is 4.90 Å². The Bertz CT molecular complexity index is 868. The molecule has 6 heteroatoms. The van der Waals surface area contributed by atoms with Crippen molar-refractivity contribution in [2.24, 2.45) is 0 Å². The maximum absolute atomic E-state index is 12.7. The number of piperazine rings is 1. The number of rotatable bonds is 5. The second-order valence-corrected chi connectivity index (χ2v) is 8.25. The third kappa shape index (κ3) is 4.49. The zero-order valence-electron chi connectivity index (χ0n) is 17.7. The molecule has 158 valence electrons. The fourth-order valence-electron chi connectivity index (χ4n) is 4.04. The SMILES string of the molecule is CC(C)Oc1ccc(C(=O)N2CC(N3CCN(C(=O)c4ccccc4)CC3)C2)cc1. The third-order valence-corrected chi connectivity index (χ3v) is 5.76. The van der Waals surface area contributed by atoms with Gasteiger partial charge in [-0.3, -0.25) is 14.5 Å². The van der Waals surface area contributed by atoms with Crippen molar-refractivity contribution in [3.63, 3.8) is 0 Å². The van der Waals surface area contributed by atoms with Gasteiger partial charge in [-0.2, -0.15) is 0 Å². The second kappa shape index (κ2) is 8.88. The van der Waals surface area contributed by atoms with Crippen LogP contribution in [0.15, 0.2) is 54.6 Å². The predicted octanol–water partition coefficient (Wildman–Crippen LogP) is 2.76. The molecule has 2 aliphatic heterocycles. The number of hydrogen-bond acceptors (Lipinski definition) is 4. The lowest BCUT2D eigenvalue weighted by Gasteiger charge is -2.48. The number of amides is 2. The fraction of sp³-hybridized carbons (Fsp3) is 0.417. The molecule has 2 fully saturated rings. The van der Waals surface area contributed by atoms with Gasteiger partial charge < -0.3 is 14.5 Å². The summed E-state index contributed by atoms with van der Waals surface area (Å²) in [5.41, 5.74) is 1.44. The first-order chi connectivity index (χ1) is 14.5. The van der Waals surface area contributed by atoms with Crippen molar-refractivity contribution in [3.8, 4) is 5.75 Å². The molecule has 0 aromatic heterocycles. The van der Waals surface area contributed by atoms with E-state index in [-0.39, 0.29) is 17.9 Å². The van der Waals surface area contributed by atoms with Gasteiger partial charge in [-0.25, -0.2) is 0 Å². The normalized spacial score (nSPS) is 17.7. The van der Waals surface area contributed by atoms with Gasteiger partial charge in [0.2, 0.25) is 0 Å². The van der Waals surface area contributed by atoms with Crippen LogP contribution in [0, 0.1) is 0 Å². The van der Waals surface area contributed by atoms with Crippen molar-refractivity contribution in [1.82, 2.24) is 14.7 Å². The van der Waals surface area contributed by atoms with Crippen LogP contribution in [0.1, 0.15) is 34.6 Å². The van der Waals surface area contributed by atoms with Crippen molar-refractivity contribution in [2.75, 3.05) is 39.3 Å². The number of carbonyl (C=O) groups excluding carboxylic acids is 2. The predicted molar refractivity (Wildman–Crippen MR) is 116 cm³/mol. The molecule has 0 spiro atoms. The van der Waals surface area contributed by atoms with Crippen LogP contribution in [0.25, 0.3) is 0 Å². The standard InChI is InChI=1S/C24H29N3O3/c1-18(2)30-22-10-8-20(9-11-22)24(29)27-16-21(17-27)25-12-14-26(15-13-25)23(28)19-6-4-3-5-7-19/h3-11,18,21H,12-17H2,1-2H3. The average Bonchev–Trinajstić information content (AvgIpc) is 2.73. The number of likely N-dealkylation sites (tertiary alicyclic amines) is 1. The summed E-state index contributed by atoms with van der Waals surface area (Å²) in [6, 6.07) is 17.2. The van der Waals surface area contributed by atoms with Gasteiger partial charge in [0.1, 0.15) is 5.75 Å². The number of benzene rings is 2. The first-order valence-corrected chi connectivity index (χ1v) is 10.7. The zero-order chi connectivity index (χ0) is 21.1. The van der Waals surface area contributed by atoms with Crippen LogP contribution in [-0.2, 0) is 0 Å². The Morgan fingerprint density at radius 3 is 1.97 bits per heavy atom. The van der Waals surface area contributed by atoms with Gasteiger partial charge in [-0.05, 0) is 50.2 Å². The topological polar surface area (TPSA) is 53.1 Å². The van der Waals surface area contributed by atoms with Crippen molar-refractivity contribution >= 4 is 11.8 Å². The highest BCUT2D eigenvalue weighted by Gasteiger charge is 2.36. The monoisotopic (exact) mass is 407 g/mol. The van der Waals surface area contributed by atoms with Crippen LogP contribution in [0.3, 0.4) is 0 Å². The van der Waals surface area contributed by atoms with Crippen LogP contribution in [0.2, 0.25) is 0 Å². The maximum Gasteiger partial charge on any atom is 0.253 e. The van der Waals surface area contributed by atoms with Crippen LogP contribution in [-0.4, -0.2) is 77.9 Å². The Kier molecular flexibility index (Phi) is 6.04. The molecular weight excluding hydrogens is 378 g/mol. The van der Waals surface area contributed by atoms with E-state index in [4.69, 9.17) is 4.74 Å². The molecule has 2 amide bonds. The zero-order valence-corrected chi connectivity index (χ0v) is 17.7. The van der Waals surface area contributed by atoms with Crippen molar-refractivity contribution in [3.05, 3.63) is 65.7 Å². The first kappa shape index (κ1) is 20.4. The molecule has 0 aliphatic carbocycles. The fourth-order valence-corrected chi connectivity index (χ4v) is 4.04. The minimum Gasteiger partial charge on any atom is -0.491 e. The van der Waals surface area contributed by atoms with E-state index < -0.39 is 0 Å². The summed E-state index contributed by atoms with van der Waals surface area (Å²) < 4.78 is 5.64. The van der Waals surface area contributed by atoms with E-state index in [0.717, 1.165) is 50.6 Å². The van der Waals surface area contributed by atoms with E-state index in [1.165, 1.54) is 0 Å². The van der Waals surface area contributed by atoms with E-state index in [0.29, 0.717) is 11.6 Å². The van der Waals surface area contributed by atoms with Gasteiger partial charge >= 0.3 is 0 Å². The molecule has 0 atom stereocenters. The van der Waals surface area contributed by atoms with Gasteiger partial charge in [0.15, 0.2) is 0 Å². The van der Waals surface area contributed by atoms with Gasteiger partial charge in [0.05, 0.1) is 6.10 Å². The lowest BCUT2D eigenvalue weighted by molar-refractivity contribution is 0.00854. The summed E-state index contributed by atoms with van der Waals surface area (Å²) in [6.07, 6.45) is 0.117. The summed E-state index contributed by atoms with van der Waals surface area (Å²) in [4.78, 5) is 31.5. The molecule has 2 saturated heterocycles. The van der Waals surface area contributed by atoms with Gasteiger partial charge in [0.25, 0.3) is 11.8 Å². The number of carbonyl (C=O) groups is 2. The van der Waals surface area contributed by atoms with Gasteiger partial charge in [0, 0.05) is 56.4 Å². The molecule has 30 heavy (non-hydrogen) atoms. The Hall–Kier alpha value is -2.86. The number of nitrogens with zero attached hydrogens (tertiary/aromatic N) is 3. The highest BCUT2D eigenvalue weighted by atomic mass is 16.5. The molecule has 0 unspecified atom stereocenters. The van der Waals surface area contributed by atoms with Gasteiger partial charge in [-0.15, -0.1) is 0 Å². The minimum absolute atomic E-state index is 0.0697. The van der Waals surface area contributed by atoms with Gasteiger partial charge in [-0.1, -0.05) is 18.2 Å². The Labute approximate surface area is 178 Å². The highest BCUT2D eigenvalue weighted by molar-refractivity contribution is 5.95. The summed E-state index contributed by atoms with van der Waals surface area (Å²) in [6.45, 7) is 8.63. The molecule has 2 aromatic rings. The third-order valence-electron chi connectivity index (χ3n) is 5.76.